The molecule has 5 nitrogen and oxygen atoms in total. The Balaban J connectivity index is 1.74. The molecule has 0 bridgehead atoms. The summed E-state index contributed by atoms with van der Waals surface area (Å²) in [6.07, 6.45) is 1.78. The highest BCUT2D eigenvalue weighted by Gasteiger charge is 2.16. The van der Waals surface area contributed by atoms with E-state index in [1.807, 2.05) is 47.0 Å². The Morgan fingerprint density at radius 1 is 1.03 bits per heavy atom. The number of nitrogens with zero attached hydrogens (tertiary/aromatic N) is 4. The van der Waals surface area contributed by atoms with Gasteiger partial charge in [-0.25, -0.2) is 0 Å². The van der Waals surface area contributed by atoms with Gasteiger partial charge in [0.1, 0.15) is 0 Å². The van der Waals surface area contributed by atoms with Gasteiger partial charge in [0.05, 0.1) is 0 Å². The van der Waals surface area contributed by atoms with Crippen LogP contribution in [0.4, 0.5) is 0 Å². The van der Waals surface area contributed by atoms with Crippen LogP contribution in [0, 0.1) is 6.92 Å². The molecule has 2 aromatic carbocycles. The molecule has 0 aliphatic rings. The molecule has 0 spiro atoms. The number of thioether (sulfide) groups is 1. The summed E-state index contributed by atoms with van der Waals surface area (Å²) in [5, 5.41) is 10.3. The van der Waals surface area contributed by atoms with Gasteiger partial charge in [0.2, 0.25) is 0 Å². The van der Waals surface area contributed by atoms with Crippen molar-refractivity contribution in [1.29, 1.82) is 0 Å². The SMILES string of the molecule is Cc1cccc(-n2c(SCc3ccn(C)c(=O)c3)nnc2-c2ccc(Cl)cc2)c1. The molecule has 4 aromatic rings. The summed E-state index contributed by atoms with van der Waals surface area (Å²) < 4.78 is 3.60. The molecule has 2 heterocycles. The van der Waals surface area contributed by atoms with Crippen LogP contribution in [0.2, 0.25) is 5.02 Å². The molecule has 0 aliphatic heterocycles. The van der Waals surface area contributed by atoms with Crippen molar-refractivity contribution >= 4 is 23.4 Å². The van der Waals surface area contributed by atoms with E-state index < -0.39 is 0 Å². The van der Waals surface area contributed by atoms with Crippen molar-refractivity contribution in [3.05, 3.63) is 93.4 Å². The highest BCUT2D eigenvalue weighted by Crippen LogP contribution is 2.30. The second-order valence-corrected chi connectivity index (χ2v) is 8.14. The lowest BCUT2D eigenvalue weighted by molar-refractivity contribution is 0.854. The Morgan fingerprint density at radius 3 is 2.55 bits per heavy atom. The van der Waals surface area contributed by atoms with Gasteiger partial charge in [-0.05, 0) is 60.5 Å². The fourth-order valence-corrected chi connectivity index (χ4v) is 4.00. The maximum Gasteiger partial charge on any atom is 0.250 e. The van der Waals surface area contributed by atoms with Crippen molar-refractivity contribution < 1.29 is 0 Å². The average molecular weight is 423 g/mol. The third-order valence-electron chi connectivity index (χ3n) is 4.53. The lowest BCUT2D eigenvalue weighted by Crippen LogP contribution is -2.14. The summed E-state index contributed by atoms with van der Waals surface area (Å²) in [6.45, 7) is 2.06. The van der Waals surface area contributed by atoms with Gasteiger partial charge in [0, 0.05) is 41.3 Å². The molecule has 0 radical (unpaired) electrons. The first kappa shape index (κ1) is 19.5. The largest absolute Gasteiger partial charge is 0.319 e. The van der Waals surface area contributed by atoms with Crippen molar-refractivity contribution in [2.45, 2.75) is 17.8 Å². The normalized spacial score (nSPS) is 11.0. The Bertz CT molecular complexity index is 1210. The van der Waals surface area contributed by atoms with E-state index in [1.54, 1.807) is 35.6 Å². The number of halogens is 1. The van der Waals surface area contributed by atoms with Gasteiger partial charge in [0.25, 0.3) is 5.56 Å². The third-order valence-corrected chi connectivity index (χ3v) is 5.78. The van der Waals surface area contributed by atoms with Crippen LogP contribution in [0.5, 0.6) is 0 Å². The number of hydrogen-bond acceptors (Lipinski definition) is 4. The molecule has 2 aromatic heterocycles. The Hall–Kier alpha value is -2.83. The molecule has 0 amide bonds. The van der Waals surface area contributed by atoms with E-state index >= 15 is 0 Å². The fourth-order valence-electron chi connectivity index (χ4n) is 2.98. The number of hydrogen-bond donors (Lipinski definition) is 0. The molecule has 146 valence electrons. The summed E-state index contributed by atoms with van der Waals surface area (Å²) in [4.78, 5) is 11.9. The minimum Gasteiger partial charge on any atom is -0.319 e. The van der Waals surface area contributed by atoms with Crippen LogP contribution in [-0.4, -0.2) is 19.3 Å². The summed E-state index contributed by atoms with van der Waals surface area (Å²) in [6, 6.07) is 19.4. The first-order chi connectivity index (χ1) is 14.0. The Kier molecular flexibility index (Phi) is 5.56. The van der Waals surface area contributed by atoms with Gasteiger partial charge in [-0.1, -0.05) is 35.5 Å². The van der Waals surface area contributed by atoms with E-state index in [0.29, 0.717) is 10.8 Å². The smallest absolute Gasteiger partial charge is 0.250 e. The van der Waals surface area contributed by atoms with Crippen LogP contribution in [0.1, 0.15) is 11.1 Å². The van der Waals surface area contributed by atoms with Crippen LogP contribution in [0.15, 0.2) is 76.8 Å². The third kappa shape index (κ3) is 4.28. The van der Waals surface area contributed by atoms with E-state index in [4.69, 9.17) is 11.6 Å². The van der Waals surface area contributed by atoms with Gasteiger partial charge in [0.15, 0.2) is 11.0 Å². The van der Waals surface area contributed by atoms with Crippen molar-refractivity contribution in [2.24, 2.45) is 7.05 Å². The molecule has 0 aliphatic carbocycles. The zero-order valence-electron chi connectivity index (χ0n) is 16.0. The Labute approximate surface area is 178 Å². The minimum absolute atomic E-state index is 0.0231. The number of aryl methyl sites for hydroxylation is 2. The van der Waals surface area contributed by atoms with E-state index in [0.717, 1.165) is 33.4 Å². The van der Waals surface area contributed by atoms with Crippen LogP contribution in [0.3, 0.4) is 0 Å². The highest BCUT2D eigenvalue weighted by molar-refractivity contribution is 7.98. The quantitative estimate of drug-likeness (QED) is 0.430. The monoisotopic (exact) mass is 422 g/mol. The zero-order valence-corrected chi connectivity index (χ0v) is 17.6. The standard InChI is InChI=1S/C22H19ClN4OS/c1-15-4-3-5-19(12-15)27-21(17-6-8-18(23)9-7-17)24-25-22(27)29-14-16-10-11-26(2)20(28)13-16/h3-13H,14H2,1-2H3. The molecular weight excluding hydrogens is 404 g/mol. The predicted molar refractivity (Wildman–Crippen MR) is 118 cm³/mol. The Morgan fingerprint density at radius 2 is 1.83 bits per heavy atom. The van der Waals surface area contributed by atoms with Crippen molar-refractivity contribution in [1.82, 2.24) is 19.3 Å². The average Bonchev–Trinajstić information content (AvgIpc) is 3.13. The second-order valence-electron chi connectivity index (χ2n) is 6.76. The second kappa shape index (κ2) is 8.27. The molecule has 4 rings (SSSR count). The van der Waals surface area contributed by atoms with E-state index in [-0.39, 0.29) is 5.56 Å². The molecule has 7 heteroatoms. The molecule has 0 N–H and O–H groups in total. The van der Waals surface area contributed by atoms with Crippen LogP contribution < -0.4 is 5.56 Å². The lowest BCUT2D eigenvalue weighted by Gasteiger charge is -2.11. The molecular formula is C22H19ClN4OS. The molecule has 0 atom stereocenters. The van der Waals surface area contributed by atoms with Gasteiger partial charge in [-0.2, -0.15) is 0 Å². The number of rotatable bonds is 5. The van der Waals surface area contributed by atoms with E-state index in [1.165, 1.54) is 0 Å². The van der Waals surface area contributed by atoms with E-state index in [9.17, 15) is 4.79 Å². The summed E-state index contributed by atoms with van der Waals surface area (Å²) in [7, 11) is 1.74. The van der Waals surface area contributed by atoms with Gasteiger partial charge >= 0.3 is 0 Å². The number of pyridine rings is 1. The molecule has 0 saturated heterocycles. The number of aromatic nitrogens is 4. The summed E-state index contributed by atoms with van der Waals surface area (Å²) >= 11 is 7.60. The maximum atomic E-state index is 11.9. The van der Waals surface area contributed by atoms with Gasteiger partial charge in [-0.3, -0.25) is 9.36 Å². The zero-order chi connectivity index (χ0) is 20.4. The van der Waals surface area contributed by atoms with E-state index in [2.05, 4.69) is 29.3 Å². The van der Waals surface area contributed by atoms with Crippen molar-refractivity contribution in [2.75, 3.05) is 0 Å². The first-order valence-corrected chi connectivity index (χ1v) is 10.4. The van der Waals surface area contributed by atoms with Crippen LogP contribution >= 0.6 is 23.4 Å². The molecule has 0 fully saturated rings. The fraction of sp³-hybridized carbons (Fsp3) is 0.136. The summed E-state index contributed by atoms with van der Waals surface area (Å²) in [5.74, 6) is 1.37. The topological polar surface area (TPSA) is 52.7 Å². The van der Waals surface area contributed by atoms with Gasteiger partial charge in [-0.15, -0.1) is 10.2 Å². The number of benzene rings is 2. The predicted octanol–water partition coefficient (Wildman–Crippen LogP) is 4.89. The highest BCUT2D eigenvalue weighted by atomic mass is 35.5. The van der Waals surface area contributed by atoms with Crippen molar-refractivity contribution in [3.8, 4) is 17.1 Å². The maximum absolute atomic E-state index is 11.9. The minimum atomic E-state index is -0.0231. The molecule has 29 heavy (non-hydrogen) atoms. The van der Waals surface area contributed by atoms with Crippen molar-refractivity contribution in [3.63, 3.8) is 0 Å². The lowest BCUT2D eigenvalue weighted by atomic mass is 10.2. The first-order valence-electron chi connectivity index (χ1n) is 9.08. The summed E-state index contributed by atoms with van der Waals surface area (Å²) in [5.41, 5.74) is 4.01. The van der Waals surface area contributed by atoms with Gasteiger partial charge < -0.3 is 4.57 Å². The molecule has 0 unspecified atom stereocenters. The van der Waals surface area contributed by atoms with Crippen LogP contribution in [0.25, 0.3) is 17.1 Å². The molecule has 0 saturated carbocycles. The van der Waals surface area contributed by atoms with Crippen LogP contribution in [-0.2, 0) is 12.8 Å².